The maximum absolute atomic E-state index is 11.3. The predicted molar refractivity (Wildman–Crippen MR) is 62.4 cm³/mol. The maximum Gasteiger partial charge on any atom is 0.311 e. The molecule has 82 valence electrons. The van der Waals surface area contributed by atoms with Crippen molar-refractivity contribution in [3.05, 3.63) is 23.8 Å². The van der Waals surface area contributed by atoms with Crippen LogP contribution in [0.1, 0.15) is 24.8 Å². The van der Waals surface area contributed by atoms with Gasteiger partial charge in [-0.1, -0.05) is 18.9 Å². The number of anilines is 1. The molecule has 1 aliphatic heterocycles. The number of ether oxygens (including phenoxy) is 1. The van der Waals surface area contributed by atoms with Crippen LogP contribution in [0.3, 0.4) is 0 Å². The van der Waals surface area contributed by atoms with E-state index in [4.69, 9.17) is 11.2 Å². The van der Waals surface area contributed by atoms with E-state index in [0.29, 0.717) is 18.7 Å². The second kappa shape index (κ2) is 4.28. The van der Waals surface area contributed by atoms with Crippen molar-refractivity contribution in [3.8, 4) is 18.1 Å². The third-order valence-electron chi connectivity index (χ3n) is 2.64. The van der Waals surface area contributed by atoms with Gasteiger partial charge in [0.05, 0.1) is 13.0 Å². The van der Waals surface area contributed by atoms with E-state index >= 15 is 0 Å². The molecule has 0 amide bonds. The molecule has 1 unspecified atom stereocenters. The molecule has 0 aliphatic carbocycles. The number of hydrogen-bond acceptors (Lipinski definition) is 3. The number of carbonyl (C=O) groups is 1. The van der Waals surface area contributed by atoms with Gasteiger partial charge in [0.25, 0.3) is 0 Å². The standard InChI is InChI=1S/C13H13NO2/c1-3-6-14-10-4-5-11-9(2)7-13(15)16-12(11)8-10/h1,4-5,8-9,14H,6-7H2,2H3. The van der Waals surface area contributed by atoms with Crippen molar-refractivity contribution in [2.24, 2.45) is 0 Å². The Morgan fingerprint density at radius 2 is 2.44 bits per heavy atom. The summed E-state index contributed by atoms with van der Waals surface area (Å²) in [6, 6.07) is 5.75. The van der Waals surface area contributed by atoms with E-state index < -0.39 is 0 Å². The van der Waals surface area contributed by atoms with Crippen LogP contribution in [0.4, 0.5) is 5.69 Å². The lowest BCUT2D eigenvalue weighted by Gasteiger charge is -2.21. The monoisotopic (exact) mass is 215 g/mol. The summed E-state index contributed by atoms with van der Waals surface area (Å²) in [5, 5.41) is 3.05. The molecule has 1 heterocycles. The molecule has 3 nitrogen and oxygen atoms in total. The highest BCUT2D eigenvalue weighted by atomic mass is 16.5. The van der Waals surface area contributed by atoms with E-state index in [1.54, 1.807) is 0 Å². The summed E-state index contributed by atoms with van der Waals surface area (Å²) < 4.78 is 5.19. The molecule has 0 saturated carbocycles. The summed E-state index contributed by atoms with van der Waals surface area (Å²) in [5.41, 5.74) is 1.95. The molecule has 0 spiro atoms. The third kappa shape index (κ3) is 2.01. The van der Waals surface area contributed by atoms with Crippen molar-refractivity contribution in [2.75, 3.05) is 11.9 Å². The van der Waals surface area contributed by atoms with E-state index in [9.17, 15) is 4.79 Å². The average Bonchev–Trinajstić information content (AvgIpc) is 2.25. The highest BCUT2D eigenvalue weighted by Crippen LogP contribution is 2.35. The largest absolute Gasteiger partial charge is 0.426 e. The molecule has 0 saturated heterocycles. The summed E-state index contributed by atoms with van der Waals surface area (Å²) in [5.74, 6) is 3.19. The first kappa shape index (κ1) is 10.6. The second-order valence-electron chi connectivity index (χ2n) is 3.89. The highest BCUT2D eigenvalue weighted by Gasteiger charge is 2.23. The van der Waals surface area contributed by atoms with Gasteiger partial charge in [0.15, 0.2) is 0 Å². The van der Waals surface area contributed by atoms with Crippen LogP contribution >= 0.6 is 0 Å². The molecule has 0 aromatic heterocycles. The van der Waals surface area contributed by atoms with Crippen molar-refractivity contribution in [3.63, 3.8) is 0 Å². The Kier molecular flexibility index (Phi) is 2.82. The number of benzene rings is 1. The Morgan fingerprint density at radius 3 is 3.19 bits per heavy atom. The molecule has 0 bridgehead atoms. The van der Waals surface area contributed by atoms with Crippen LogP contribution in [0.15, 0.2) is 18.2 Å². The van der Waals surface area contributed by atoms with Gasteiger partial charge in [0, 0.05) is 11.8 Å². The molecule has 1 aromatic carbocycles. The van der Waals surface area contributed by atoms with Crippen LogP contribution in [-0.4, -0.2) is 12.5 Å². The van der Waals surface area contributed by atoms with Crippen molar-refractivity contribution < 1.29 is 9.53 Å². The lowest BCUT2D eigenvalue weighted by molar-refractivity contribution is -0.135. The van der Waals surface area contributed by atoms with E-state index in [2.05, 4.69) is 11.2 Å². The number of terminal acetylenes is 1. The quantitative estimate of drug-likeness (QED) is 0.466. The predicted octanol–water partition coefficient (Wildman–Crippen LogP) is 2.14. The van der Waals surface area contributed by atoms with Gasteiger partial charge in [0.1, 0.15) is 5.75 Å². The van der Waals surface area contributed by atoms with E-state index in [0.717, 1.165) is 11.3 Å². The topological polar surface area (TPSA) is 38.3 Å². The molecule has 0 fully saturated rings. The fourth-order valence-corrected chi connectivity index (χ4v) is 1.82. The normalized spacial score (nSPS) is 18.2. The van der Waals surface area contributed by atoms with E-state index in [1.807, 2.05) is 25.1 Å². The van der Waals surface area contributed by atoms with Gasteiger partial charge in [0.2, 0.25) is 0 Å². The Labute approximate surface area is 94.8 Å². The fourth-order valence-electron chi connectivity index (χ4n) is 1.82. The van der Waals surface area contributed by atoms with E-state index in [1.165, 1.54) is 0 Å². The van der Waals surface area contributed by atoms with Crippen LogP contribution < -0.4 is 10.1 Å². The molecular weight excluding hydrogens is 202 g/mol. The average molecular weight is 215 g/mol. The molecule has 1 atom stereocenters. The summed E-state index contributed by atoms with van der Waals surface area (Å²) in [6.45, 7) is 2.48. The number of nitrogens with one attached hydrogen (secondary N) is 1. The summed E-state index contributed by atoms with van der Waals surface area (Å²) in [7, 11) is 0. The van der Waals surface area contributed by atoms with Gasteiger partial charge in [-0.15, -0.1) is 6.42 Å². The number of carbonyl (C=O) groups excluding carboxylic acids is 1. The van der Waals surface area contributed by atoms with Crippen LogP contribution in [0.2, 0.25) is 0 Å². The molecular formula is C13H13NO2. The van der Waals surface area contributed by atoms with Gasteiger partial charge in [-0.25, -0.2) is 0 Å². The Bertz CT molecular complexity index is 459. The molecule has 0 radical (unpaired) electrons. The maximum atomic E-state index is 11.3. The zero-order chi connectivity index (χ0) is 11.5. The third-order valence-corrected chi connectivity index (χ3v) is 2.64. The lowest BCUT2D eigenvalue weighted by atomic mass is 9.94. The minimum absolute atomic E-state index is 0.172. The van der Waals surface area contributed by atoms with Crippen LogP contribution in [0.5, 0.6) is 5.75 Å². The van der Waals surface area contributed by atoms with Gasteiger partial charge >= 0.3 is 5.97 Å². The van der Waals surface area contributed by atoms with Crippen LogP contribution in [-0.2, 0) is 4.79 Å². The lowest BCUT2D eigenvalue weighted by Crippen LogP contribution is -2.18. The van der Waals surface area contributed by atoms with Crippen molar-refractivity contribution in [2.45, 2.75) is 19.3 Å². The smallest absolute Gasteiger partial charge is 0.311 e. The van der Waals surface area contributed by atoms with Crippen molar-refractivity contribution in [1.29, 1.82) is 0 Å². The second-order valence-corrected chi connectivity index (χ2v) is 3.89. The van der Waals surface area contributed by atoms with Crippen LogP contribution in [0.25, 0.3) is 0 Å². The Balaban J connectivity index is 2.28. The van der Waals surface area contributed by atoms with Crippen LogP contribution in [0, 0.1) is 12.3 Å². The minimum Gasteiger partial charge on any atom is -0.426 e. The van der Waals surface area contributed by atoms with Crippen molar-refractivity contribution >= 4 is 11.7 Å². The molecule has 3 heteroatoms. The van der Waals surface area contributed by atoms with E-state index in [-0.39, 0.29) is 11.9 Å². The molecule has 16 heavy (non-hydrogen) atoms. The van der Waals surface area contributed by atoms with Gasteiger partial charge in [-0.2, -0.15) is 0 Å². The number of fused-ring (bicyclic) bond motifs is 1. The van der Waals surface area contributed by atoms with Gasteiger partial charge < -0.3 is 10.1 Å². The van der Waals surface area contributed by atoms with Gasteiger partial charge in [-0.3, -0.25) is 4.79 Å². The Morgan fingerprint density at radius 1 is 1.62 bits per heavy atom. The summed E-state index contributed by atoms with van der Waals surface area (Å²) >= 11 is 0. The summed E-state index contributed by atoms with van der Waals surface area (Å²) in [6.07, 6.45) is 5.61. The fraction of sp³-hybridized carbons (Fsp3) is 0.308. The molecule has 2 rings (SSSR count). The minimum atomic E-state index is -0.172. The van der Waals surface area contributed by atoms with Gasteiger partial charge in [-0.05, 0) is 17.5 Å². The SMILES string of the molecule is C#CCNc1ccc2c(c1)OC(=O)CC2C. The first-order valence-corrected chi connectivity index (χ1v) is 5.22. The molecule has 1 aliphatic rings. The number of esters is 1. The molecule has 1 aromatic rings. The Hall–Kier alpha value is -1.95. The zero-order valence-corrected chi connectivity index (χ0v) is 9.12. The summed E-state index contributed by atoms with van der Waals surface area (Å²) in [4.78, 5) is 11.3. The number of hydrogen-bond donors (Lipinski definition) is 1. The van der Waals surface area contributed by atoms with Crippen molar-refractivity contribution in [1.82, 2.24) is 0 Å². The molecule has 1 N–H and O–H groups in total. The number of rotatable bonds is 2. The first-order valence-electron chi connectivity index (χ1n) is 5.22. The first-order chi connectivity index (χ1) is 7.70. The zero-order valence-electron chi connectivity index (χ0n) is 9.12. The highest BCUT2D eigenvalue weighted by molar-refractivity contribution is 5.77.